The zero-order chi connectivity index (χ0) is 21.8. The molecule has 5 heteroatoms. The summed E-state index contributed by atoms with van der Waals surface area (Å²) in [6.45, 7) is 15.0. The SMILES string of the molecule is C=C(CC[C@@H]1c2cc(OC)c(OC)cc2CCN1C(=O)OC(C)(C)C)CC(C)C. The van der Waals surface area contributed by atoms with Gasteiger partial charge in [-0.05, 0) is 75.6 Å². The molecule has 1 aromatic carbocycles. The van der Waals surface area contributed by atoms with Gasteiger partial charge in [0.05, 0.1) is 20.3 Å². The standard InChI is InChI=1S/C24H37NO4/c1-16(2)13-17(3)9-10-20-19-15-22(28-8)21(27-7)14-18(19)11-12-25(20)23(26)29-24(4,5)6/h14-16,20H,3,9-13H2,1-2,4-8H3/t20-/m1/s1. The molecule has 5 nitrogen and oxygen atoms in total. The summed E-state index contributed by atoms with van der Waals surface area (Å²) < 4.78 is 16.7. The van der Waals surface area contributed by atoms with Crippen molar-refractivity contribution >= 4 is 6.09 Å². The van der Waals surface area contributed by atoms with E-state index in [2.05, 4.69) is 20.4 Å². The molecule has 0 radical (unpaired) electrons. The molecule has 1 atom stereocenters. The number of rotatable bonds is 7. The number of amides is 1. The number of ether oxygens (including phenoxy) is 3. The Hall–Kier alpha value is -2.17. The Labute approximate surface area is 176 Å². The molecule has 0 aliphatic carbocycles. The van der Waals surface area contributed by atoms with Gasteiger partial charge in [-0.25, -0.2) is 4.79 Å². The van der Waals surface area contributed by atoms with Crippen LogP contribution in [0.2, 0.25) is 0 Å². The van der Waals surface area contributed by atoms with Crippen molar-refractivity contribution in [3.63, 3.8) is 0 Å². The van der Waals surface area contributed by atoms with Crippen molar-refractivity contribution < 1.29 is 19.0 Å². The summed E-state index contributed by atoms with van der Waals surface area (Å²) in [5, 5.41) is 0. The fourth-order valence-corrected chi connectivity index (χ4v) is 3.90. The molecule has 0 fully saturated rings. The molecule has 1 amide bonds. The van der Waals surface area contributed by atoms with Crippen LogP contribution in [0.5, 0.6) is 11.5 Å². The van der Waals surface area contributed by atoms with E-state index in [9.17, 15) is 4.79 Å². The van der Waals surface area contributed by atoms with E-state index >= 15 is 0 Å². The van der Waals surface area contributed by atoms with Crippen molar-refractivity contribution in [2.75, 3.05) is 20.8 Å². The molecule has 0 bridgehead atoms. The first kappa shape index (κ1) is 23.1. The topological polar surface area (TPSA) is 48.0 Å². The number of benzene rings is 1. The van der Waals surface area contributed by atoms with E-state index in [4.69, 9.17) is 14.2 Å². The lowest BCUT2D eigenvalue weighted by molar-refractivity contribution is 0.0132. The number of carbonyl (C=O) groups is 1. The van der Waals surface area contributed by atoms with Crippen molar-refractivity contribution in [2.24, 2.45) is 5.92 Å². The zero-order valence-corrected chi connectivity index (χ0v) is 19.1. The smallest absolute Gasteiger partial charge is 0.410 e. The fraction of sp³-hybridized carbons (Fsp3) is 0.625. The van der Waals surface area contributed by atoms with Gasteiger partial charge in [0, 0.05) is 6.54 Å². The van der Waals surface area contributed by atoms with Crippen LogP contribution in [0.3, 0.4) is 0 Å². The second-order valence-electron chi connectivity index (χ2n) is 9.23. The third-order valence-electron chi connectivity index (χ3n) is 5.10. The highest BCUT2D eigenvalue weighted by molar-refractivity contribution is 5.70. The first-order valence-electron chi connectivity index (χ1n) is 10.5. The summed E-state index contributed by atoms with van der Waals surface area (Å²) in [6, 6.07) is 3.98. The molecular weight excluding hydrogens is 366 g/mol. The van der Waals surface area contributed by atoms with Gasteiger partial charge >= 0.3 is 6.09 Å². The van der Waals surface area contributed by atoms with E-state index in [1.54, 1.807) is 14.2 Å². The fourth-order valence-electron chi connectivity index (χ4n) is 3.90. The van der Waals surface area contributed by atoms with Crippen LogP contribution in [-0.4, -0.2) is 37.4 Å². The predicted molar refractivity (Wildman–Crippen MR) is 117 cm³/mol. The lowest BCUT2D eigenvalue weighted by atomic mass is 9.88. The summed E-state index contributed by atoms with van der Waals surface area (Å²) in [5.41, 5.74) is 3.00. The van der Waals surface area contributed by atoms with Crippen molar-refractivity contribution in [3.8, 4) is 11.5 Å². The quantitative estimate of drug-likeness (QED) is 0.530. The average Bonchev–Trinajstić information content (AvgIpc) is 2.62. The first-order chi connectivity index (χ1) is 13.6. The second kappa shape index (κ2) is 9.55. The third kappa shape index (κ3) is 6.15. The normalized spacial score (nSPS) is 16.4. The summed E-state index contributed by atoms with van der Waals surface area (Å²) in [5.74, 6) is 1.98. The number of fused-ring (bicyclic) bond motifs is 1. The van der Waals surface area contributed by atoms with Gasteiger partial charge in [0.1, 0.15) is 5.60 Å². The van der Waals surface area contributed by atoms with Crippen LogP contribution in [0.25, 0.3) is 0 Å². The largest absolute Gasteiger partial charge is 0.493 e. The zero-order valence-electron chi connectivity index (χ0n) is 19.1. The minimum atomic E-state index is -0.527. The number of hydrogen-bond donors (Lipinski definition) is 0. The highest BCUT2D eigenvalue weighted by Gasteiger charge is 2.34. The highest BCUT2D eigenvalue weighted by atomic mass is 16.6. The van der Waals surface area contributed by atoms with E-state index in [0.29, 0.717) is 18.2 Å². The number of allylic oxidation sites excluding steroid dienone is 1. The van der Waals surface area contributed by atoms with Gasteiger partial charge in [0.2, 0.25) is 0 Å². The van der Waals surface area contributed by atoms with Crippen molar-refractivity contribution in [2.45, 2.75) is 71.9 Å². The Balaban J connectivity index is 2.36. The average molecular weight is 404 g/mol. The van der Waals surface area contributed by atoms with E-state index in [1.807, 2.05) is 37.8 Å². The summed E-state index contributed by atoms with van der Waals surface area (Å²) in [4.78, 5) is 14.8. The van der Waals surface area contributed by atoms with E-state index in [1.165, 1.54) is 11.1 Å². The third-order valence-corrected chi connectivity index (χ3v) is 5.10. The van der Waals surface area contributed by atoms with Crippen LogP contribution in [0.1, 0.15) is 71.0 Å². The molecule has 1 aliphatic rings. The molecule has 162 valence electrons. The van der Waals surface area contributed by atoms with Gasteiger partial charge in [-0.1, -0.05) is 26.0 Å². The predicted octanol–water partition coefficient (Wildman–Crippen LogP) is 5.92. The van der Waals surface area contributed by atoms with Crippen LogP contribution in [-0.2, 0) is 11.2 Å². The van der Waals surface area contributed by atoms with Crippen molar-refractivity contribution in [1.82, 2.24) is 4.90 Å². The molecule has 2 rings (SSSR count). The van der Waals surface area contributed by atoms with Gasteiger partial charge in [-0.15, -0.1) is 0 Å². The van der Waals surface area contributed by atoms with E-state index in [0.717, 1.165) is 37.0 Å². The molecule has 1 aromatic rings. The van der Waals surface area contributed by atoms with Gasteiger partial charge in [-0.3, -0.25) is 0 Å². The Kier molecular flexibility index (Phi) is 7.61. The number of methoxy groups -OCH3 is 2. The maximum Gasteiger partial charge on any atom is 0.410 e. The lowest BCUT2D eigenvalue weighted by Crippen LogP contribution is -2.43. The monoisotopic (exact) mass is 403 g/mol. The van der Waals surface area contributed by atoms with Gasteiger partial charge in [0.15, 0.2) is 11.5 Å². The van der Waals surface area contributed by atoms with E-state index < -0.39 is 5.60 Å². The molecule has 0 aromatic heterocycles. The minimum absolute atomic E-state index is 0.0719. The van der Waals surface area contributed by atoms with Crippen LogP contribution in [0, 0.1) is 5.92 Å². The van der Waals surface area contributed by atoms with Crippen molar-refractivity contribution in [1.29, 1.82) is 0 Å². The van der Waals surface area contributed by atoms with Crippen molar-refractivity contribution in [3.05, 3.63) is 35.4 Å². The highest BCUT2D eigenvalue weighted by Crippen LogP contribution is 2.41. The van der Waals surface area contributed by atoms with Gasteiger partial charge in [-0.2, -0.15) is 0 Å². The Morgan fingerprint density at radius 1 is 1.21 bits per heavy atom. The van der Waals surface area contributed by atoms with Crippen LogP contribution in [0.15, 0.2) is 24.3 Å². The summed E-state index contributed by atoms with van der Waals surface area (Å²) in [6.07, 6.45) is 3.18. The molecular formula is C24H37NO4. The Morgan fingerprint density at radius 3 is 2.38 bits per heavy atom. The second-order valence-corrected chi connectivity index (χ2v) is 9.23. The van der Waals surface area contributed by atoms with Crippen LogP contribution in [0.4, 0.5) is 4.79 Å². The maximum absolute atomic E-state index is 13.0. The minimum Gasteiger partial charge on any atom is -0.493 e. The Morgan fingerprint density at radius 2 is 1.83 bits per heavy atom. The Bertz CT molecular complexity index is 733. The molecule has 1 aliphatic heterocycles. The molecule has 0 spiro atoms. The number of nitrogens with zero attached hydrogens (tertiary/aromatic N) is 1. The van der Waals surface area contributed by atoms with E-state index in [-0.39, 0.29) is 12.1 Å². The molecule has 0 unspecified atom stereocenters. The molecule has 0 saturated heterocycles. The lowest BCUT2D eigenvalue weighted by Gasteiger charge is -2.38. The van der Waals surface area contributed by atoms with Gasteiger partial charge in [0.25, 0.3) is 0 Å². The van der Waals surface area contributed by atoms with Gasteiger partial charge < -0.3 is 19.1 Å². The number of hydrogen-bond acceptors (Lipinski definition) is 4. The molecule has 0 N–H and O–H groups in total. The summed E-state index contributed by atoms with van der Waals surface area (Å²) in [7, 11) is 3.28. The first-order valence-corrected chi connectivity index (χ1v) is 10.5. The molecule has 1 heterocycles. The molecule has 29 heavy (non-hydrogen) atoms. The van der Waals surface area contributed by atoms with Crippen LogP contribution < -0.4 is 9.47 Å². The molecule has 0 saturated carbocycles. The summed E-state index contributed by atoms with van der Waals surface area (Å²) >= 11 is 0. The van der Waals surface area contributed by atoms with Crippen LogP contribution >= 0.6 is 0 Å². The number of carbonyl (C=O) groups excluding carboxylic acids is 1. The maximum atomic E-state index is 13.0.